The average Bonchev–Trinajstić information content (AvgIpc) is 2.37. The lowest BCUT2D eigenvalue weighted by Gasteiger charge is -2.13. The van der Waals surface area contributed by atoms with Crippen LogP contribution in [0.25, 0.3) is 0 Å². The number of carboxylic acids is 1. The minimum absolute atomic E-state index is 0.246. The number of aromatic nitrogens is 1. The van der Waals surface area contributed by atoms with Gasteiger partial charge >= 0.3 is 5.97 Å². The summed E-state index contributed by atoms with van der Waals surface area (Å²) in [6, 6.07) is 0.314. The van der Waals surface area contributed by atoms with Crippen molar-refractivity contribution in [3.8, 4) is 0 Å². The van der Waals surface area contributed by atoms with Crippen LogP contribution in [0.1, 0.15) is 17.3 Å². The topological polar surface area (TPSA) is 122 Å². The van der Waals surface area contributed by atoms with Gasteiger partial charge in [-0.25, -0.2) is 0 Å². The molecule has 1 heterocycles. The molecule has 0 aromatic carbocycles. The molecule has 1 amide bonds. The van der Waals surface area contributed by atoms with Crippen LogP contribution in [-0.2, 0) is 9.59 Å². The zero-order chi connectivity index (χ0) is 13.7. The maximum atomic E-state index is 11.8. The fourth-order valence-corrected chi connectivity index (χ4v) is 1.18. The normalized spacial score (nSPS) is 13.4. The third-order valence-electron chi connectivity index (χ3n) is 2.26. The summed E-state index contributed by atoms with van der Waals surface area (Å²) < 4.78 is 0. The van der Waals surface area contributed by atoms with Gasteiger partial charge in [0.25, 0.3) is 0 Å². The summed E-state index contributed by atoms with van der Waals surface area (Å²) in [6.07, 6.45) is 2.80. The lowest BCUT2D eigenvalue weighted by molar-refractivity contribution is -0.141. The monoisotopic (exact) mass is 251 g/mol. The van der Waals surface area contributed by atoms with E-state index in [9.17, 15) is 14.4 Å². The number of nitrogens with zero attached hydrogens (tertiary/aromatic N) is 1. The quantitative estimate of drug-likeness (QED) is 0.464. The number of pyridine rings is 1. The Morgan fingerprint density at radius 3 is 2.39 bits per heavy atom. The molecule has 0 saturated carbocycles. The highest BCUT2D eigenvalue weighted by Gasteiger charge is 2.25. The Morgan fingerprint density at radius 1 is 1.33 bits per heavy atom. The molecule has 1 rings (SSSR count). The van der Waals surface area contributed by atoms with Gasteiger partial charge in [-0.2, -0.15) is 0 Å². The maximum absolute atomic E-state index is 11.8. The molecule has 1 aromatic rings. The molecular formula is C11H13N3O4. The number of nitrogens with one attached hydrogen (secondary N) is 1. The summed E-state index contributed by atoms with van der Waals surface area (Å²) in [6.45, 7) is 1.28. The zero-order valence-corrected chi connectivity index (χ0v) is 9.66. The van der Waals surface area contributed by atoms with Gasteiger partial charge in [-0.15, -0.1) is 0 Å². The summed E-state index contributed by atoms with van der Waals surface area (Å²) in [5, 5.41) is 10.7. The zero-order valence-electron chi connectivity index (χ0n) is 9.66. The van der Waals surface area contributed by atoms with Crippen LogP contribution in [-0.4, -0.2) is 39.8 Å². The van der Waals surface area contributed by atoms with E-state index in [-0.39, 0.29) is 5.56 Å². The van der Waals surface area contributed by atoms with E-state index in [1.54, 1.807) is 0 Å². The number of carbonyl (C=O) groups excluding carboxylic acids is 2. The molecule has 0 radical (unpaired) electrons. The fraction of sp³-hybridized carbons (Fsp3) is 0.273. The summed E-state index contributed by atoms with van der Waals surface area (Å²) in [7, 11) is 0. The summed E-state index contributed by atoms with van der Waals surface area (Å²) in [4.78, 5) is 37.6. The third kappa shape index (κ3) is 3.36. The minimum atomic E-state index is -1.44. The van der Waals surface area contributed by atoms with Crippen molar-refractivity contribution in [1.29, 1.82) is 0 Å². The van der Waals surface area contributed by atoms with Gasteiger partial charge < -0.3 is 16.2 Å². The molecule has 0 saturated heterocycles. The van der Waals surface area contributed by atoms with Crippen LogP contribution in [0, 0.1) is 0 Å². The highest BCUT2D eigenvalue weighted by atomic mass is 16.4. The smallest absolute Gasteiger partial charge is 0.325 e. The molecule has 7 heteroatoms. The largest absolute Gasteiger partial charge is 0.480 e. The molecule has 7 nitrogen and oxygen atoms in total. The summed E-state index contributed by atoms with van der Waals surface area (Å²) in [5.74, 6) is -2.62. The number of Topliss-reactive ketones (excluding diaryl/α,β-unsaturated/α-hetero) is 1. The van der Waals surface area contributed by atoms with E-state index in [1.165, 1.54) is 31.5 Å². The standard InChI is InChI=1S/C11H13N3O4/c1-6(11(17)18)14-10(16)8(12)9(15)7-2-4-13-5-3-7/h2-6,8H,12H2,1H3,(H,14,16)(H,17,18)/t6-,8?/m0/s1. The van der Waals surface area contributed by atoms with Crippen LogP contribution in [0.3, 0.4) is 0 Å². The molecule has 0 aliphatic carbocycles. The van der Waals surface area contributed by atoms with E-state index < -0.39 is 29.7 Å². The molecular weight excluding hydrogens is 238 g/mol. The molecule has 96 valence electrons. The molecule has 4 N–H and O–H groups in total. The van der Waals surface area contributed by atoms with Crippen molar-refractivity contribution in [3.05, 3.63) is 30.1 Å². The van der Waals surface area contributed by atoms with Crippen molar-refractivity contribution >= 4 is 17.7 Å². The Bertz CT molecular complexity index is 461. The summed E-state index contributed by atoms with van der Waals surface area (Å²) >= 11 is 0. The Morgan fingerprint density at radius 2 is 1.89 bits per heavy atom. The van der Waals surface area contributed by atoms with Gasteiger partial charge in [0, 0.05) is 18.0 Å². The van der Waals surface area contributed by atoms with Crippen molar-refractivity contribution < 1.29 is 19.5 Å². The predicted molar refractivity (Wildman–Crippen MR) is 61.8 cm³/mol. The number of aliphatic carboxylic acids is 1. The van der Waals surface area contributed by atoms with Gasteiger partial charge in [-0.3, -0.25) is 19.4 Å². The van der Waals surface area contributed by atoms with Crippen molar-refractivity contribution in [2.24, 2.45) is 5.73 Å². The molecule has 0 fully saturated rings. The minimum Gasteiger partial charge on any atom is -0.480 e. The van der Waals surface area contributed by atoms with Crippen LogP contribution in [0.15, 0.2) is 24.5 Å². The Labute approximate surface area is 103 Å². The van der Waals surface area contributed by atoms with Gasteiger partial charge in [0.15, 0.2) is 5.78 Å². The lowest BCUT2D eigenvalue weighted by atomic mass is 10.1. The van der Waals surface area contributed by atoms with Gasteiger partial charge in [-0.05, 0) is 19.1 Å². The first kappa shape index (κ1) is 13.8. The molecule has 18 heavy (non-hydrogen) atoms. The number of rotatable bonds is 5. The average molecular weight is 251 g/mol. The van der Waals surface area contributed by atoms with Gasteiger partial charge in [0.05, 0.1) is 0 Å². The summed E-state index contributed by atoms with van der Waals surface area (Å²) in [5.41, 5.74) is 5.71. The predicted octanol–water partition coefficient (Wildman–Crippen LogP) is -0.819. The molecule has 0 aliphatic rings. The molecule has 0 aliphatic heterocycles. The lowest BCUT2D eigenvalue weighted by Crippen LogP contribution is -2.50. The molecule has 1 unspecified atom stereocenters. The Hall–Kier alpha value is -2.28. The van der Waals surface area contributed by atoms with E-state index in [0.29, 0.717) is 0 Å². The Balaban J connectivity index is 2.70. The first-order chi connectivity index (χ1) is 8.43. The highest BCUT2D eigenvalue weighted by Crippen LogP contribution is 2.01. The first-order valence-corrected chi connectivity index (χ1v) is 5.16. The van der Waals surface area contributed by atoms with E-state index in [0.717, 1.165) is 0 Å². The molecule has 1 aromatic heterocycles. The van der Waals surface area contributed by atoms with Crippen LogP contribution in [0.4, 0.5) is 0 Å². The number of carboxylic acid groups (broad SMARTS) is 1. The number of hydrogen-bond acceptors (Lipinski definition) is 5. The van der Waals surface area contributed by atoms with Gasteiger partial charge in [-0.1, -0.05) is 0 Å². The third-order valence-corrected chi connectivity index (χ3v) is 2.26. The van der Waals surface area contributed by atoms with E-state index >= 15 is 0 Å². The van der Waals surface area contributed by atoms with Crippen molar-refractivity contribution in [3.63, 3.8) is 0 Å². The number of nitrogens with two attached hydrogens (primary N) is 1. The number of hydrogen-bond donors (Lipinski definition) is 3. The second-order valence-corrected chi connectivity index (χ2v) is 3.65. The molecule has 2 atom stereocenters. The second kappa shape index (κ2) is 5.87. The second-order valence-electron chi connectivity index (χ2n) is 3.65. The van der Waals surface area contributed by atoms with Crippen LogP contribution < -0.4 is 11.1 Å². The SMILES string of the molecule is C[C@H](NC(=O)C(N)C(=O)c1ccncc1)C(=O)O. The van der Waals surface area contributed by atoms with Crippen LogP contribution in [0.5, 0.6) is 0 Å². The first-order valence-electron chi connectivity index (χ1n) is 5.16. The van der Waals surface area contributed by atoms with Crippen molar-refractivity contribution in [2.75, 3.05) is 0 Å². The van der Waals surface area contributed by atoms with E-state index in [4.69, 9.17) is 10.8 Å². The van der Waals surface area contributed by atoms with Gasteiger partial charge in [0.1, 0.15) is 12.1 Å². The molecule has 0 bridgehead atoms. The van der Waals surface area contributed by atoms with Crippen molar-refractivity contribution in [1.82, 2.24) is 10.3 Å². The highest BCUT2D eigenvalue weighted by molar-refractivity contribution is 6.13. The maximum Gasteiger partial charge on any atom is 0.325 e. The van der Waals surface area contributed by atoms with E-state index in [2.05, 4.69) is 10.3 Å². The number of carbonyl (C=O) groups is 3. The number of amides is 1. The van der Waals surface area contributed by atoms with Crippen molar-refractivity contribution in [2.45, 2.75) is 19.0 Å². The fourth-order valence-electron chi connectivity index (χ4n) is 1.18. The van der Waals surface area contributed by atoms with Gasteiger partial charge in [0.2, 0.25) is 5.91 Å². The Kier molecular flexibility index (Phi) is 4.50. The van der Waals surface area contributed by atoms with E-state index in [1.807, 2.05) is 0 Å². The van der Waals surface area contributed by atoms with Crippen LogP contribution in [0.2, 0.25) is 0 Å². The molecule has 0 spiro atoms. The number of ketones is 1. The van der Waals surface area contributed by atoms with Crippen LogP contribution >= 0.6 is 0 Å².